The number of hydrogen-bond donors (Lipinski definition) is 0. The molecule has 0 spiro atoms. The van der Waals surface area contributed by atoms with Gasteiger partial charge >= 0.3 is 0 Å². The Morgan fingerprint density at radius 1 is 1.27 bits per heavy atom. The lowest BCUT2D eigenvalue weighted by atomic mass is 10.2. The fourth-order valence-electron chi connectivity index (χ4n) is 2.28. The highest BCUT2D eigenvalue weighted by Gasteiger charge is 2.21. The van der Waals surface area contributed by atoms with E-state index in [0.717, 1.165) is 38.4 Å². The van der Waals surface area contributed by atoms with Crippen molar-refractivity contribution in [3.8, 4) is 0 Å². The normalized spacial score (nSPS) is 16.0. The van der Waals surface area contributed by atoms with E-state index in [9.17, 15) is 4.79 Å². The second kappa shape index (κ2) is 9.05. The molecule has 2 heterocycles. The third kappa shape index (κ3) is 5.53. The second-order valence-electron chi connectivity index (χ2n) is 5.17. The number of halogens is 1. The highest BCUT2D eigenvalue weighted by molar-refractivity contribution is 6.30. The van der Waals surface area contributed by atoms with Gasteiger partial charge in [0.15, 0.2) is 0 Å². The maximum Gasteiger partial charge on any atom is 0.248 e. The van der Waals surface area contributed by atoms with Gasteiger partial charge in [0.05, 0.1) is 23.9 Å². The predicted octanol–water partition coefficient (Wildman–Crippen LogP) is 1.04. The van der Waals surface area contributed by atoms with Gasteiger partial charge in [0.1, 0.15) is 6.61 Å². The lowest BCUT2D eigenvalue weighted by molar-refractivity contribution is -0.138. The summed E-state index contributed by atoms with van der Waals surface area (Å²) in [5.74, 6) is 0.0420. The first-order valence-electron chi connectivity index (χ1n) is 7.36. The van der Waals surface area contributed by atoms with E-state index in [-0.39, 0.29) is 12.5 Å². The van der Waals surface area contributed by atoms with Crippen molar-refractivity contribution in [2.75, 3.05) is 53.1 Å². The smallest absolute Gasteiger partial charge is 0.248 e. The van der Waals surface area contributed by atoms with Crippen LogP contribution in [0, 0.1) is 0 Å². The Hall–Kier alpha value is -1.21. The molecular weight excluding hydrogens is 306 g/mol. The molecule has 1 fully saturated rings. The minimum absolute atomic E-state index is 0.0420. The van der Waals surface area contributed by atoms with Crippen molar-refractivity contribution < 1.29 is 14.3 Å². The van der Waals surface area contributed by atoms with E-state index in [1.54, 1.807) is 13.3 Å². The highest BCUT2D eigenvalue weighted by atomic mass is 35.5. The van der Waals surface area contributed by atoms with Gasteiger partial charge in [-0.1, -0.05) is 11.6 Å². The van der Waals surface area contributed by atoms with Crippen LogP contribution in [0.25, 0.3) is 0 Å². The number of pyridine rings is 1. The monoisotopic (exact) mass is 327 g/mol. The summed E-state index contributed by atoms with van der Waals surface area (Å²) in [6.07, 6.45) is 1.66. The first-order chi connectivity index (χ1) is 10.7. The van der Waals surface area contributed by atoms with Crippen LogP contribution in [0.4, 0.5) is 0 Å². The predicted molar refractivity (Wildman–Crippen MR) is 83.8 cm³/mol. The first-order valence-corrected chi connectivity index (χ1v) is 7.74. The maximum absolute atomic E-state index is 12.0. The number of hydrogen-bond acceptors (Lipinski definition) is 5. The van der Waals surface area contributed by atoms with Crippen molar-refractivity contribution in [2.45, 2.75) is 6.54 Å². The standard InChI is InChI=1S/C15H22ClN3O3/c1-21-8-9-22-12-15(20)19-6-4-18(5-7-19)11-14-3-2-13(16)10-17-14/h2-3,10H,4-9,11-12H2,1H3. The average Bonchev–Trinajstić information content (AvgIpc) is 2.54. The number of piperazine rings is 1. The van der Waals surface area contributed by atoms with Crippen LogP contribution in [0.3, 0.4) is 0 Å². The molecule has 0 N–H and O–H groups in total. The molecule has 122 valence electrons. The summed E-state index contributed by atoms with van der Waals surface area (Å²) in [6, 6.07) is 3.78. The molecule has 6 nitrogen and oxygen atoms in total. The summed E-state index contributed by atoms with van der Waals surface area (Å²) in [5.41, 5.74) is 0.993. The van der Waals surface area contributed by atoms with Crippen LogP contribution in [0.2, 0.25) is 5.02 Å². The minimum atomic E-state index is 0.0420. The van der Waals surface area contributed by atoms with Gasteiger partial charge in [-0.3, -0.25) is 14.7 Å². The summed E-state index contributed by atoms with van der Waals surface area (Å²) in [7, 11) is 1.61. The van der Waals surface area contributed by atoms with Crippen molar-refractivity contribution in [3.63, 3.8) is 0 Å². The van der Waals surface area contributed by atoms with Crippen molar-refractivity contribution in [2.24, 2.45) is 0 Å². The average molecular weight is 328 g/mol. The van der Waals surface area contributed by atoms with Crippen LogP contribution in [-0.2, 0) is 20.8 Å². The fourth-order valence-corrected chi connectivity index (χ4v) is 2.39. The zero-order valence-electron chi connectivity index (χ0n) is 12.8. The molecule has 0 unspecified atom stereocenters. The van der Waals surface area contributed by atoms with Gasteiger partial charge in [0.2, 0.25) is 5.91 Å². The molecule has 1 aliphatic heterocycles. The van der Waals surface area contributed by atoms with Gasteiger partial charge in [-0.25, -0.2) is 0 Å². The summed E-state index contributed by atoms with van der Waals surface area (Å²) < 4.78 is 10.1. The quantitative estimate of drug-likeness (QED) is 0.700. The summed E-state index contributed by atoms with van der Waals surface area (Å²) >= 11 is 5.83. The van der Waals surface area contributed by atoms with Gasteiger partial charge in [-0.15, -0.1) is 0 Å². The molecule has 1 aromatic rings. The zero-order valence-corrected chi connectivity index (χ0v) is 13.6. The molecule has 1 aliphatic rings. The Morgan fingerprint density at radius 3 is 2.68 bits per heavy atom. The van der Waals surface area contributed by atoms with E-state index in [2.05, 4.69) is 9.88 Å². The molecule has 2 rings (SSSR count). The van der Waals surface area contributed by atoms with Crippen LogP contribution >= 0.6 is 11.6 Å². The molecule has 22 heavy (non-hydrogen) atoms. The van der Waals surface area contributed by atoms with Gasteiger partial charge < -0.3 is 14.4 Å². The van der Waals surface area contributed by atoms with Crippen molar-refractivity contribution in [1.29, 1.82) is 0 Å². The Labute approximate surface area is 136 Å². The largest absolute Gasteiger partial charge is 0.382 e. The lowest BCUT2D eigenvalue weighted by Crippen LogP contribution is -2.49. The molecule has 1 saturated heterocycles. The van der Waals surface area contributed by atoms with Crippen LogP contribution in [0.15, 0.2) is 18.3 Å². The van der Waals surface area contributed by atoms with E-state index < -0.39 is 0 Å². The molecule has 0 atom stereocenters. The molecule has 0 bridgehead atoms. The third-order valence-corrected chi connectivity index (χ3v) is 3.78. The van der Waals surface area contributed by atoms with Crippen LogP contribution in [0.5, 0.6) is 0 Å². The highest BCUT2D eigenvalue weighted by Crippen LogP contribution is 2.10. The fraction of sp³-hybridized carbons (Fsp3) is 0.600. The van der Waals surface area contributed by atoms with Gasteiger partial charge in [-0.05, 0) is 12.1 Å². The van der Waals surface area contributed by atoms with Crippen LogP contribution < -0.4 is 0 Å². The number of carbonyl (C=O) groups excluding carboxylic acids is 1. The molecule has 0 aliphatic carbocycles. The SMILES string of the molecule is COCCOCC(=O)N1CCN(Cc2ccc(Cl)cn2)CC1. The molecule has 0 saturated carbocycles. The Morgan fingerprint density at radius 2 is 2.05 bits per heavy atom. The number of carbonyl (C=O) groups is 1. The van der Waals surface area contributed by atoms with Crippen molar-refractivity contribution in [1.82, 2.24) is 14.8 Å². The topological polar surface area (TPSA) is 54.9 Å². The number of nitrogens with zero attached hydrogens (tertiary/aromatic N) is 3. The van der Waals surface area contributed by atoms with E-state index in [1.807, 2.05) is 17.0 Å². The Bertz CT molecular complexity index is 462. The molecule has 7 heteroatoms. The summed E-state index contributed by atoms with van der Waals surface area (Å²) in [6.45, 7) is 4.99. The van der Waals surface area contributed by atoms with Crippen molar-refractivity contribution in [3.05, 3.63) is 29.0 Å². The van der Waals surface area contributed by atoms with Gasteiger partial charge in [0.25, 0.3) is 0 Å². The third-order valence-electron chi connectivity index (χ3n) is 3.56. The second-order valence-corrected chi connectivity index (χ2v) is 5.61. The summed E-state index contributed by atoms with van der Waals surface area (Å²) in [5, 5.41) is 0.646. The van der Waals surface area contributed by atoms with Gasteiger partial charge in [0, 0.05) is 46.0 Å². The summed E-state index contributed by atoms with van der Waals surface area (Å²) in [4.78, 5) is 20.4. The molecule has 1 aromatic heterocycles. The number of methoxy groups -OCH3 is 1. The molecule has 1 amide bonds. The molecule has 0 radical (unpaired) electrons. The molecular formula is C15H22ClN3O3. The van der Waals surface area contributed by atoms with E-state index >= 15 is 0 Å². The molecule has 0 aromatic carbocycles. The van der Waals surface area contributed by atoms with Crippen molar-refractivity contribution >= 4 is 17.5 Å². The first kappa shape index (κ1) is 17.1. The lowest BCUT2D eigenvalue weighted by Gasteiger charge is -2.34. The number of rotatable bonds is 7. The number of aromatic nitrogens is 1. The van der Waals surface area contributed by atoms with E-state index in [0.29, 0.717) is 18.2 Å². The van der Waals surface area contributed by atoms with E-state index in [4.69, 9.17) is 21.1 Å². The number of amides is 1. The van der Waals surface area contributed by atoms with Gasteiger partial charge in [-0.2, -0.15) is 0 Å². The van der Waals surface area contributed by atoms with Crippen LogP contribution in [-0.4, -0.2) is 73.8 Å². The Kier molecular flexibility index (Phi) is 7.05. The zero-order chi connectivity index (χ0) is 15.8. The Balaban J connectivity index is 1.68. The van der Waals surface area contributed by atoms with Crippen LogP contribution in [0.1, 0.15) is 5.69 Å². The maximum atomic E-state index is 12.0. The van der Waals surface area contributed by atoms with E-state index in [1.165, 1.54) is 0 Å². The number of ether oxygens (including phenoxy) is 2. The minimum Gasteiger partial charge on any atom is -0.382 e.